The topological polar surface area (TPSA) is 74.6 Å². The van der Waals surface area contributed by atoms with E-state index in [0.717, 1.165) is 12.8 Å². The minimum absolute atomic E-state index is 0. The van der Waals surface area contributed by atoms with Gasteiger partial charge < -0.3 is 10.2 Å². The van der Waals surface area contributed by atoms with Crippen molar-refractivity contribution < 1.29 is 19.8 Å². The van der Waals surface area contributed by atoms with Crippen LogP contribution >= 0.6 is 0 Å². The van der Waals surface area contributed by atoms with Gasteiger partial charge in [-0.2, -0.15) is 0 Å². The van der Waals surface area contributed by atoms with E-state index in [9.17, 15) is 9.59 Å². The van der Waals surface area contributed by atoms with Crippen LogP contribution < -0.4 is 0 Å². The number of rotatable bonds is 6. The normalized spacial score (nSPS) is 8.71. The van der Waals surface area contributed by atoms with Crippen LogP contribution in [0.4, 0.5) is 0 Å². The van der Waals surface area contributed by atoms with Crippen LogP contribution in [0.15, 0.2) is 0 Å². The molecule has 14 heavy (non-hydrogen) atoms. The molecule has 0 aromatic rings. The van der Waals surface area contributed by atoms with Gasteiger partial charge in [0.1, 0.15) is 0 Å². The third-order valence-corrected chi connectivity index (χ3v) is 1.69. The zero-order valence-corrected chi connectivity index (χ0v) is 7.12. The van der Waals surface area contributed by atoms with Crippen LogP contribution in [-0.4, -0.2) is 103 Å². The molecule has 0 spiro atoms. The van der Waals surface area contributed by atoms with Gasteiger partial charge in [-0.1, -0.05) is 26.2 Å². The van der Waals surface area contributed by atoms with Crippen molar-refractivity contribution in [3.05, 3.63) is 0 Å². The van der Waals surface area contributed by atoms with E-state index in [1.807, 2.05) is 6.92 Å². The summed E-state index contributed by atoms with van der Waals surface area (Å²) >= 11 is 0. The van der Waals surface area contributed by atoms with Crippen LogP contribution in [0.5, 0.6) is 0 Å². The third-order valence-electron chi connectivity index (χ3n) is 1.69. The molecular formula is C8H16KNaO4. The first-order valence-electron chi connectivity index (χ1n) is 4.05. The molecule has 0 amide bonds. The van der Waals surface area contributed by atoms with Gasteiger partial charge in [-0.05, 0) is 6.42 Å². The summed E-state index contributed by atoms with van der Waals surface area (Å²) in [7, 11) is 0. The SMILES string of the molecule is CCCCCC(C(=O)O)C(=O)O.[KH].[NaH]. The second-order valence-corrected chi connectivity index (χ2v) is 2.72. The van der Waals surface area contributed by atoms with Crippen LogP contribution in [0.2, 0.25) is 0 Å². The summed E-state index contributed by atoms with van der Waals surface area (Å²) in [5.41, 5.74) is 0. The summed E-state index contributed by atoms with van der Waals surface area (Å²) in [6, 6.07) is 0. The quantitative estimate of drug-likeness (QED) is 0.390. The standard InChI is InChI=1S/C8H14O4.K.Na.2H/c1-2-3-4-5-6(7(9)10)8(11)12;;;;/h6H,2-5H2,1H3,(H,9,10)(H,11,12);;;;. The maximum absolute atomic E-state index is 10.4. The van der Waals surface area contributed by atoms with Crippen molar-refractivity contribution in [1.82, 2.24) is 0 Å². The van der Waals surface area contributed by atoms with E-state index in [-0.39, 0.29) is 87.4 Å². The first kappa shape index (κ1) is 20.9. The Morgan fingerprint density at radius 2 is 1.57 bits per heavy atom. The molecule has 4 nitrogen and oxygen atoms in total. The number of hydrogen-bond donors (Lipinski definition) is 2. The molecule has 0 aromatic heterocycles. The van der Waals surface area contributed by atoms with Gasteiger partial charge in [0.05, 0.1) is 0 Å². The van der Waals surface area contributed by atoms with Crippen LogP contribution in [0, 0.1) is 5.92 Å². The van der Waals surface area contributed by atoms with Gasteiger partial charge in [-0.3, -0.25) is 9.59 Å². The molecule has 0 saturated heterocycles. The van der Waals surface area contributed by atoms with Crippen LogP contribution in [0.1, 0.15) is 32.6 Å². The van der Waals surface area contributed by atoms with Gasteiger partial charge in [0.25, 0.3) is 0 Å². The molecule has 0 atom stereocenters. The second-order valence-electron chi connectivity index (χ2n) is 2.72. The van der Waals surface area contributed by atoms with Crippen molar-refractivity contribution >= 4 is 92.9 Å². The third kappa shape index (κ3) is 10.1. The summed E-state index contributed by atoms with van der Waals surface area (Å²) in [6.45, 7) is 1.98. The Balaban J connectivity index is -0.000000605. The molecule has 6 heteroatoms. The molecule has 0 aliphatic heterocycles. The fourth-order valence-electron chi connectivity index (χ4n) is 0.951. The Morgan fingerprint density at radius 1 is 1.14 bits per heavy atom. The Morgan fingerprint density at radius 3 is 1.86 bits per heavy atom. The van der Waals surface area contributed by atoms with Crippen molar-refractivity contribution in [1.29, 1.82) is 0 Å². The van der Waals surface area contributed by atoms with Crippen molar-refractivity contribution in [3.63, 3.8) is 0 Å². The predicted octanol–water partition coefficient (Wildman–Crippen LogP) is 0.0551. The predicted molar refractivity (Wildman–Crippen MR) is 57.2 cm³/mol. The fraction of sp³-hybridized carbons (Fsp3) is 0.750. The van der Waals surface area contributed by atoms with Gasteiger partial charge >= 0.3 is 92.9 Å². The Labute approximate surface area is 149 Å². The molecule has 0 unspecified atom stereocenters. The number of carbonyl (C=O) groups is 2. The van der Waals surface area contributed by atoms with Crippen molar-refractivity contribution in [2.75, 3.05) is 0 Å². The maximum atomic E-state index is 10.4. The van der Waals surface area contributed by atoms with E-state index >= 15 is 0 Å². The second kappa shape index (κ2) is 12.6. The van der Waals surface area contributed by atoms with Crippen LogP contribution in [-0.2, 0) is 9.59 Å². The number of hydrogen-bond acceptors (Lipinski definition) is 2. The summed E-state index contributed by atoms with van der Waals surface area (Å²) < 4.78 is 0. The van der Waals surface area contributed by atoms with E-state index in [1.165, 1.54) is 0 Å². The Bertz CT molecular complexity index is 161. The van der Waals surface area contributed by atoms with Crippen LogP contribution in [0.3, 0.4) is 0 Å². The summed E-state index contributed by atoms with van der Waals surface area (Å²) in [5.74, 6) is -3.70. The number of carboxylic acid groups (broad SMARTS) is 2. The molecule has 0 radical (unpaired) electrons. The molecule has 0 fully saturated rings. The molecule has 0 aliphatic carbocycles. The molecule has 0 heterocycles. The Hall–Kier alpha value is 1.58. The van der Waals surface area contributed by atoms with E-state index in [2.05, 4.69) is 0 Å². The molecule has 2 N–H and O–H groups in total. The summed E-state index contributed by atoms with van der Waals surface area (Å²) in [6.07, 6.45) is 2.75. The molecule has 0 aromatic carbocycles. The zero-order chi connectivity index (χ0) is 9.56. The Kier molecular flexibility index (Phi) is 18.9. The molecule has 0 aliphatic rings. The van der Waals surface area contributed by atoms with Gasteiger partial charge in [0, 0.05) is 0 Å². The van der Waals surface area contributed by atoms with E-state index in [0.29, 0.717) is 6.42 Å². The molecular weight excluding hydrogens is 222 g/mol. The van der Waals surface area contributed by atoms with Crippen molar-refractivity contribution in [2.45, 2.75) is 32.6 Å². The van der Waals surface area contributed by atoms with E-state index in [1.54, 1.807) is 0 Å². The van der Waals surface area contributed by atoms with E-state index in [4.69, 9.17) is 10.2 Å². The van der Waals surface area contributed by atoms with Gasteiger partial charge in [0.15, 0.2) is 5.92 Å². The molecule has 0 bridgehead atoms. The van der Waals surface area contributed by atoms with Gasteiger partial charge in [-0.15, -0.1) is 0 Å². The summed E-state index contributed by atoms with van der Waals surface area (Å²) in [4.78, 5) is 20.7. The first-order chi connectivity index (χ1) is 5.59. The number of carboxylic acids is 2. The van der Waals surface area contributed by atoms with Crippen molar-refractivity contribution in [2.24, 2.45) is 5.92 Å². The fourth-order valence-corrected chi connectivity index (χ4v) is 0.951. The molecule has 74 valence electrons. The van der Waals surface area contributed by atoms with Gasteiger partial charge in [-0.25, -0.2) is 0 Å². The minimum atomic E-state index is -1.24. The molecule has 0 saturated carbocycles. The average Bonchev–Trinajstić information content (AvgIpc) is 1.96. The number of unbranched alkanes of at least 4 members (excludes halogenated alkanes) is 2. The number of aliphatic carboxylic acids is 2. The van der Waals surface area contributed by atoms with E-state index < -0.39 is 17.9 Å². The average molecular weight is 238 g/mol. The molecule has 0 rings (SSSR count). The van der Waals surface area contributed by atoms with Crippen LogP contribution in [0.25, 0.3) is 0 Å². The van der Waals surface area contributed by atoms with Crippen molar-refractivity contribution in [3.8, 4) is 0 Å². The summed E-state index contributed by atoms with van der Waals surface area (Å²) in [5, 5.41) is 16.9. The first-order valence-corrected chi connectivity index (χ1v) is 4.05. The zero-order valence-electron chi connectivity index (χ0n) is 7.12. The monoisotopic (exact) mass is 238 g/mol. The van der Waals surface area contributed by atoms with Gasteiger partial charge in [0.2, 0.25) is 0 Å².